The smallest absolute Gasteiger partial charge is 0.341 e. The molecule has 2 heterocycles. The molecule has 1 aromatic rings. The maximum atomic E-state index is 12.7. The molecule has 1 aromatic heterocycles. The van der Waals surface area contributed by atoms with Gasteiger partial charge < -0.3 is 15.0 Å². The number of amides is 2. The summed E-state index contributed by atoms with van der Waals surface area (Å²) in [4.78, 5) is 39.5. The first-order valence-electron chi connectivity index (χ1n) is 8.74. The Bertz CT molecular complexity index is 668. The van der Waals surface area contributed by atoms with E-state index in [1.165, 1.54) is 11.3 Å². The minimum atomic E-state index is -0.411. The normalized spacial score (nSPS) is 17.3. The summed E-state index contributed by atoms with van der Waals surface area (Å²) in [6.45, 7) is 8.80. The summed E-state index contributed by atoms with van der Waals surface area (Å²) in [5, 5.41) is 3.44. The second kappa shape index (κ2) is 8.47. The number of esters is 1. The van der Waals surface area contributed by atoms with Crippen molar-refractivity contribution in [2.45, 2.75) is 47.0 Å². The molecule has 1 N–H and O–H groups in total. The fourth-order valence-electron chi connectivity index (χ4n) is 3.02. The lowest BCUT2D eigenvalue weighted by molar-refractivity contribution is -0.134. The highest BCUT2D eigenvalue weighted by Gasteiger charge is 2.29. The summed E-state index contributed by atoms with van der Waals surface area (Å²) < 4.78 is 5.12. The van der Waals surface area contributed by atoms with Crippen molar-refractivity contribution in [2.24, 2.45) is 5.92 Å². The monoisotopic (exact) mass is 366 g/mol. The third-order valence-electron chi connectivity index (χ3n) is 4.55. The minimum absolute atomic E-state index is 0.0764. The largest absolute Gasteiger partial charge is 0.462 e. The van der Waals surface area contributed by atoms with Crippen molar-refractivity contribution in [3.05, 3.63) is 16.0 Å². The summed E-state index contributed by atoms with van der Waals surface area (Å²) in [6.07, 6.45) is 2.01. The van der Waals surface area contributed by atoms with Gasteiger partial charge in [-0.15, -0.1) is 11.3 Å². The lowest BCUT2D eigenvalue weighted by atomic mass is 9.97. The maximum absolute atomic E-state index is 12.7. The number of piperidine rings is 1. The zero-order chi connectivity index (χ0) is 18.6. The van der Waals surface area contributed by atoms with Gasteiger partial charge in [-0.2, -0.15) is 0 Å². The number of rotatable bonds is 5. The molecule has 1 unspecified atom stereocenters. The van der Waals surface area contributed by atoms with Gasteiger partial charge in [-0.1, -0.05) is 6.92 Å². The number of likely N-dealkylation sites (tertiary alicyclic amines) is 1. The molecule has 1 atom stereocenters. The molecule has 2 rings (SSSR count). The summed E-state index contributed by atoms with van der Waals surface area (Å²) in [6, 6.07) is 0. The van der Waals surface area contributed by atoms with E-state index in [2.05, 4.69) is 5.32 Å². The van der Waals surface area contributed by atoms with Crippen LogP contribution in [0.4, 0.5) is 5.00 Å². The first kappa shape index (κ1) is 19.4. The number of hydrogen-bond acceptors (Lipinski definition) is 5. The van der Waals surface area contributed by atoms with Crippen molar-refractivity contribution in [3.8, 4) is 0 Å². The van der Waals surface area contributed by atoms with Crippen molar-refractivity contribution >= 4 is 34.1 Å². The van der Waals surface area contributed by atoms with Gasteiger partial charge in [0.2, 0.25) is 11.8 Å². The Labute approximate surface area is 152 Å². The zero-order valence-electron chi connectivity index (χ0n) is 15.3. The Morgan fingerprint density at radius 1 is 1.28 bits per heavy atom. The number of nitrogens with zero attached hydrogens (tertiary/aromatic N) is 1. The van der Waals surface area contributed by atoms with Crippen LogP contribution in [0.25, 0.3) is 0 Å². The van der Waals surface area contributed by atoms with E-state index < -0.39 is 5.97 Å². The Morgan fingerprint density at radius 3 is 2.64 bits per heavy atom. The van der Waals surface area contributed by atoms with Crippen LogP contribution in [0.5, 0.6) is 0 Å². The van der Waals surface area contributed by atoms with Gasteiger partial charge in [0.1, 0.15) is 5.00 Å². The Morgan fingerprint density at radius 2 is 2.00 bits per heavy atom. The van der Waals surface area contributed by atoms with Gasteiger partial charge in [-0.05, 0) is 39.2 Å². The SMILES string of the molecule is CCOC(=O)c1c(NC(=O)C2CCCN(C(=O)CC)C2)sc(C)c1C. The van der Waals surface area contributed by atoms with E-state index in [0.717, 1.165) is 23.3 Å². The number of nitrogens with one attached hydrogen (secondary N) is 1. The molecule has 0 bridgehead atoms. The molecule has 1 saturated heterocycles. The van der Waals surface area contributed by atoms with E-state index in [1.54, 1.807) is 11.8 Å². The molecule has 1 fully saturated rings. The molecule has 7 heteroatoms. The number of carbonyl (C=O) groups is 3. The van der Waals surface area contributed by atoms with Crippen molar-refractivity contribution < 1.29 is 19.1 Å². The molecule has 0 saturated carbocycles. The van der Waals surface area contributed by atoms with Crippen LogP contribution in [0.3, 0.4) is 0 Å². The first-order valence-corrected chi connectivity index (χ1v) is 9.56. The molecule has 0 aliphatic carbocycles. The summed E-state index contributed by atoms with van der Waals surface area (Å²) in [5.74, 6) is -0.721. The molecule has 2 amide bonds. The number of carbonyl (C=O) groups excluding carboxylic acids is 3. The summed E-state index contributed by atoms with van der Waals surface area (Å²) >= 11 is 1.39. The average Bonchev–Trinajstić information content (AvgIpc) is 2.88. The standard InChI is InChI=1S/C18H26N2O4S/c1-5-14(21)20-9-7-8-13(10-20)16(22)19-17-15(18(23)24-6-2)11(3)12(4)25-17/h13H,5-10H2,1-4H3,(H,19,22). The average molecular weight is 366 g/mol. The molecule has 0 spiro atoms. The number of aryl methyl sites for hydroxylation is 1. The first-order chi connectivity index (χ1) is 11.9. The van der Waals surface area contributed by atoms with Crippen LogP contribution in [0.1, 0.15) is 53.9 Å². The van der Waals surface area contributed by atoms with Crippen molar-refractivity contribution in [1.82, 2.24) is 4.90 Å². The predicted molar refractivity (Wildman–Crippen MR) is 98.0 cm³/mol. The molecule has 0 radical (unpaired) electrons. The Balaban J connectivity index is 2.14. The van der Waals surface area contributed by atoms with Gasteiger partial charge >= 0.3 is 5.97 Å². The van der Waals surface area contributed by atoms with Crippen molar-refractivity contribution in [1.29, 1.82) is 0 Å². The Hall–Kier alpha value is -1.89. The fourth-order valence-corrected chi connectivity index (χ4v) is 4.07. The van der Waals surface area contributed by atoms with Crippen LogP contribution in [0.15, 0.2) is 0 Å². The van der Waals surface area contributed by atoms with Crippen LogP contribution in [0.2, 0.25) is 0 Å². The highest BCUT2D eigenvalue weighted by Crippen LogP contribution is 2.33. The van der Waals surface area contributed by atoms with E-state index in [-0.39, 0.29) is 24.3 Å². The second-order valence-corrected chi connectivity index (χ2v) is 7.45. The molecule has 1 aliphatic rings. The van der Waals surface area contributed by atoms with Gasteiger partial charge in [0, 0.05) is 24.4 Å². The number of hydrogen-bond donors (Lipinski definition) is 1. The third kappa shape index (κ3) is 4.39. The van der Waals surface area contributed by atoms with Crippen molar-refractivity contribution in [2.75, 3.05) is 25.0 Å². The van der Waals surface area contributed by atoms with E-state index >= 15 is 0 Å². The summed E-state index contributed by atoms with van der Waals surface area (Å²) in [5.41, 5.74) is 1.28. The molecule has 138 valence electrons. The molecule has 6 nitrogen and oxygen atoms in total. The fraction of sp³-hybridized carbons (Fsp3) is 0.611. The quantitative estimate of drug-likeness (QED) is 0.813. The molecular formula is C18H26N2O4S. The highest BCUT2D eigenvalue weighted by atomic mass is 32.1. The van der Waals surface area contributed by atoms with Crippen molar-refractivity contribution in [3.63, 3.8) is 0 Å². The zero-order valence-corrected chi connectivity index (χ0v) is 16.1. The second-order valence-electron chi connectivity index (χ2n) is 6.23. The molecule has 1 aliphatic heterocycles. The number of anilines is 1. The maximum Gasteiger partial charge on any atom is 0.341 e. The minimum Gasteiger partial charge on any atom is -0.462 e. The lowest BCUT2D eigenvalue weighted by Crippen LogP contribution is -2.43. The number of thiophene rings is 1. The van der Waals surface area contributed by atoms with Gasteiger partial charge in [-0.25, -0.2) is 4.79 Å². The van der Waals surface area contributed by atoms with Gasteiger partial charge in [0.15, 0.2) is 0 Å². The van der Waals surface area contributed by atoms with Crippen LogP contribution < -0.4 is 5.32 Å². The van der Waals surface area contributed by atoms with E-state index in [0.29, 0.717) is 30.1 Å². The van der Waals surface area contributed by atoms with Crippen LogP contribution in [-0.2, 0) is 14.3 Å². The van der Waals surface area contributed by atoms with Gasteiger partial charge in [0.25, 0.3) is 0 Å². The molecular weight excluding hydrogens is 340 g/mol. The van der Waals surface area contributed by atoms with E-state index in [1.807, 2.05) is 20.8 Å². The predicted octanol–water partition coefficient (Wildman–Crippen LogP) is 3.13. The molecule has 25 heavy (non-hydrogen) atoms. The topological polar surface area (TPSA) is 75.7 Å². The van der Waals surface area contributed by atoms with Crippen LogP contribution in [0, 0.1) is 19.8 Å². The van der Waals surface area contributed by atoms with Crippen LogP contribution >= 0.6 is 11.3 Å². The number of ether oxygens (including phenoxy) is 1. The van der Waals surface area contributed by atoms with Gasteiger partial charge in [0.05, 0.1) is 18.1 Å². The summed E-state index contributed by atoms with van der Waals surface area (Å²) in [7, 11) is 0. The third-order valence-corrected chi connectivity index (χ3v) is 5.67. The van der Waals surface area contributed by atoms with E-state index in [4.69, 9.17) is 4.74 Å². The Kier molecular flexibility index (Phi) is 6.58. The van der Waals surface area contributed by atoms with E-state index in [9.17, 15) is 14.4 Å². The highest BCUT2D eigenvalue weighted by molar-refractivity contribution is 7.16. The molecule has 0 aromatic carbocycles. The lowest BCUT2D eigenvalue weighted by Gasteiger charge is -2.31. The van der Waals surface area contributed by atoms with Gasteiger partial charge in [-0.3, -0.25) is 9.59 Å². The van der Waals surface area contributed by atoms with Crippen LogP contribution in [-0.4, -0.2) is 42.4 Å².